The quantitative estimate of drug-likeness (QED) is 0.805. The van der Waals surface area contributed by atoms with Crippen LogP contribution < -0.4 is 15.8 Å². The number of anilines is 1. The zero-order valence-electron chi connectivity index (χ0n) is 12.0. The van der Waals surface area contributed by atoms with E-state index >= 15 is 0 Å². The number of amides is 1. The number of hydrogen-bond acceptors (Lipinski definition) is 4. The Morgan fingerprint density at radius 3 is 2.52 bits per heavy atom. The smallest absolute Gasteiger partial charge is 0.244 e. The van der Waals surface area contributed by atoms with Crippen LogP contribution in [0.25, 0.3) is 0 Å². The van der Waals surface area contributed by atoms with Crippen molar-refractivity contribution >= 4 is 23.4 Å². The summed E-state index contributed by atoms with van der Waals surface area (Å²) in [5, 5.41) is 3.15. The van der Waals surface area contributed by atoms with E-state index in [4.69, 9.17) is 10.5 Å². The van der Waals surface area contributed by atoms with Gasteiger partial charge in [0.05, 0.1) is 7.11 Å². The second-order valence-electron chi connectivity index (χ2n) is 4.48. The van der Waals surface area contributed by atoms with Gasteiger partial charge in [0.25, 0.3) is 0 Å². The average Bonchev–Trinajstić information content (AvgIpc) is 2.52. The fraction of sp³-hybridized carbons (Fsp3) is 0.188. The molecule has 3 N–H and O–H groups in total. The van der Waals surface area contributed by atoms with Crippen molar-refractivity contribution in [2.75, 3.05) is 18.7 Å². The second-order valence-corrected chi connectivity index (χ2v) is 5.36. The minimum absolute atomic E-state index is 0.422. The van der Waals surface area contributed by atoms with Gasteiger partial charge in [0, 0.05) is 16.6 Å². The maximum atomic E-state index is 11.7. The largest absolute Gasteiger partial charge is 0.497 e. The van der Waals surface area contributed by atoms with Crippen LogP contribution >= 0.6 is 11.8 Å². The van der Waals surface area contributed by atoms with E-state index in [0.717, 1.165) is 21.9 Å². The summed E-state index contributed by atoms with van der Waals surface area (Å²) in [7, 11) is 1.60. The standard InChI is InChI=1S/C16H18N2O2S/c1-20-13-5-3-4-12(10-13)18-15(16(17)19)11-6-8-14(21-2)9-7-11/h3-10,15,18H,1-2H3,(H2,17,19). The third kappa shape index (κ3) is 3.92. The van der Waals surface area contributed by atoms with Crippen molar-refractivity contribution in [3.8, 4) is 5.75 Å². The van der Waals surface area contributed by atoms with E-state index in [9.17, 15) is 4.79 Å². The molecule has 1 atom stereocenters. The highest BCUT2D eigenvalue weighted by molar-refractivity contribution is 7.98. The van der Waals surface area contributed by atoms with Gasteiger partial charge >= 0.3 is 0 Å². The summed E-state index contributed by atoms with van der Waals surface area (Å²) in [6.45, 7) is 0. The van der Waals surface area contributed by atoms with E-state index in [1.165, 1.54) is 0 Å². The zero-order valence-corrected chi connectivity index (χ0v) is 12.8. The monoisotopic (exact) mass is 302 g/mol. The molecule has 0 aliphatic rings. The molecule has 2 rings (SSSR count). The van der Waals surface area contributed by atoms with Gasteiger partial charge in [-0.15, -0.1) is 11.8 Å². The molecule has 0 aliphatic carbocycles. The number of primary amides is 1. The minimum atomic E-state index is -0.576. The predicted octanol–water partition coefficient (Wildman–Crippen LogP) is 3.06. The van der Waals surface area contributed by atoms with Crippen molar-refractivity contribution < 1.29 is 9.53 Å². The summed E-state index contributed by atoms with van der Waals surface area (Å²) < 4.78 is 5.17. The highest BCUT2D eigenvalue weighted by atomic mass is 32.2. The van der Waals surface area contributed by atoms with Gasteiger partial charge in [0.15, 0.2) is 0 Å². The summed E-state index contributed by atoms with van der Waals surface area (Å²) in [4.78, 5) is 12.9. The van der Waals surface area contributed by atoms with Crippen LogP contribution in [0.4, 0.5) is 5.69 Å². The normalized spacial score (nSPS) is 11.7. The summed E-state index contributed by atoms with van der Waals surface area (Å²) in [6, 6.07) is 14.6. The van der Waals surface area contributed by atoms with Crippen LogP contribution in [-0.2, 0) is 4.79 Å². The molecule has 1 unspecified atom stereocenters. The van der Waals surface area contributed by atoms with Gasteiger partial charge < -0.3 is 15.8 Å². The Morgan fingerprint density at radius 1 is 1.24 bits per heavy atom. The first kappa shape index (κ1) is 15.3. The van der Waals surface area contributed by atoms with E-state index in [1.54, 1.807) is 18.9 Å². The predicted molar refractivity (Wildman–Crippen MR) is 86.8 cm³/mol. The lowest BCUT2D eigenvalue weighted by Gasteiger charge is -2.18. The van der Waals surface area contributed by atoms with Crippen molar-refractivity contribution in [3.05, 3.63) is 54.1 Å². The Hall–Kier alpha value is -2.14. The van der Waals surface area contributed by atoms with Gasteiger partial charge in [0.1, 0.15) is 11.8 Å². The number of benzene rings is 2. The first-order chi connectivity index (χ1) is 10.1. The molecule has 5 heteroatoms. The molecule has 110 valence electrons. The SMILES string of the molecule is COc1cccc(NC(C(N)=O)c2ccc(SC)cc2)c1. The highest BCUT2D eigenvalue weighted by Gasteiger charge is 2.17. The molecule has 4 nitrogen and oxygen atoms in total. The summed E-state index contributed by atoms with van der Waals surface area (Å²) in [5.74, 6) is 0.302. The number of thioether (sulfide) groups is 1. The van der Waals surface area contributed by atoms with Gasteiger partial charge in [-0.2, -0.15) is 0 Å². The van der Waals surface area contributed by atoms with Crippen molar-refractivity contribution in [2.24, 2.45) is 5.73 Å². The van der Waals surface area contributed by atoms with Crippen LogP contribution in [0.3, 0.4) is 0 Å². The van der Waals surface area contributed by atoms with Crippen molar-refractivity contribution in [3.63, 3.8) is 0 Å². The van der Waals surface area contributed by atoms with E-state index < -0.39 is 11.9 Å². The maximum absolute atomic E-state index is 11.7. The van der Waals surface area contributed by atoms with E-state index in [1.807, 2.05) is 54.8 Å². The van der Waals surface area contributed by atoms with Crippen molar-refractivity contribution in [2.45, 2.75) is 10.9 Å². The maximum Gasteiger partial charge on any atom is 0.244 e. The minimum Gasteiger partial charge on any atom is -0.497 e. The van der Waals surface area contributed by atoms with Crippen LogP contribution in [-0.4, -0.2) is 19.3 Å². The number of nitrogens with two attached hydrogens (primary N) is 1. The average molecular weight is 302 g/mol. The summed E-state index contributed by atoms with van der Waals surface area (Å²) >= 11 is 1.65. The lowest BCUT2D eigenvalue weighted by atomic mass is 10.1. The molecular weight excluding hydrogens is 284 g/mol. The number of nitrogens with one attached hydrogen (secondary N) is 1. The Labute approximate surface area is 128 Å². The van der Waals surface area contributed by atoms with Gasteiger partial charge in [-0.25, -0.2) is 0 Å². The molecule has 0 aromatic heterocycles. The second kappa shape index (κ2) is 7.04. The van der Waals surface area contributed by atoms with E-state index in [2.05, 4.69) is 5.32 Å². The van der Waals surface area contributed by atoms with Gasteiger partial charge in [-0.1, -0.05) is 18.2 Å². The molecule has 0 fully saturated rings. The Balaban J connectivity index is 2.23. The third-order valence-electron chi connectivity index (χ3n) is 3.11. The third-order valence-corrected chi connectivity index (χ3v) is 3.86. The van der Waals surface area contributed by atoms with Gasteiger partial charge in [-0.05, 0) is 36.1 Å². The van der Waals surface area contributed by atoms with Crippen LogP contribution in [0.15, 0.2) is 53.4 Å². The van der Waals surface area contributed by atoms with E-state index in [0.29, 0.717) is 0 Å². The lowest BCUT2D eigenvalue weighted by molar-refractivity contribution is -0.118. The first-order valence-corrected chi connectivity index (χ1v) is 7.70. The molecule has 21 heavy (non-hydrogen) atoms. The number of carbonyl (C=O) groups is 1. The van der Waals surface area contributed by atoms with Crippen LogP contribution in [0.2, 0.25) is 0 Å². The Kier molecular flexibility index (Phi) is 5.11. The summed E-state index contributed by atoms with van der Waals surface area (Å²) in [5.41, 5.74) is 7.14. The van der Waals surface area contributed by atoms with E-state index in [-0.39, 0.29) is 0 Å². The highest BCUT2D eigenvalue weighted by Crippen LogP contribution is 2.24. The molecule has 0 saturated carbocycles. The molecule has 0 bridgehead atoms. The number of methoxy groups -OCH3 is 1. The van der Waals surface area contributed by atoms with Gasteiger partial charge in [0.2, 0.25) is 5.91 Å². The molecule has 1 amide bonds. The van der Waals surface area contributed by atoms with Crippen molar-refractivity contribution in [1.29, 1.82) is 0 Å². The Morgan fingerprint density at radius 2 is 1.95 bits per heavy atom. The van der Waals surface area contributed by atoms with Gasteiger partial charge in [-0.3, -0.25) is 4.79 Å². The lowest BCUT2D eigenvalue weighted by Crippen LogP contribution is -2.27. The number of hydrogen-bond donors (Lipinski definition) is 2. The topological polar surface area (TPSA) is 64.3 Å². The molecule has 0 heterocycles. The fourth-order valence-corrected chi connectivity index (χ4v) is 2.40. The number of carbonyl (C=O) groups excluding carboxylic acids is 1. The molecule has 2 aromatic carbocycles. The molecule has 0 aliphatic heterocycles. The molecule has 0 radical (unpaired) electrons. The van der Waals surface area contributed by atoms with Crippen LogP contribution in [0.5, 0.6) is 5.75 Å². The van der Waals surface area contributed by atoms with Crippen LogP contribution in [0, 0.1) is 0 Å². The zero-order chi connectivity index (χ0) is 15.2. The molecular formula is C16H18N2O2S. The van der Waals surface area contributed by atoms with Crippen LogP contribution in [0.1, 0.15) is 11.6 Å². The first-order valence-electron chi connectivity index (χ1n) is 6.48. The summed E-state index contributed by atoms with van der Waals surface area (Å²) in [6.07, 6.45) is 2.01. The molecule has 0 spiro atoms. The Bertz CT molecular complexity index is 614. The fourth-order valence-electron chi connectivity index (χ4n) is 1.99. The molecule has 0 saturated heterocycles. The van der Waals surface area contributed by atoms with Crippen molar-refractivity contribution in [1.82, 2.24) is 0 Å². The number of ether oxygens (including phenoxy) is 1. The molecule has 2 aromatic rings. The number of rotatable bonds is 6.